The molecular formula is C19H21N5O3. The van der Waals surface area contributed by atoms with Crippen LogP contribution in [-0.4, -0.2) is 26.8 Å². The molecule has 1 aromatic carbocycles. The van der Waals surface area contributed by atoms with E-state index in [1.807, 2.05) is 30.3 Å². The van der Waals surface area contributed by atoms with Gasteiger partial charge in [0, 0.05) is 12.0 Å². The number of hydrogen-bond donors (Lipinski definition) is 2. The minimum Gasteiger partial charge on any atom is -0.359 e. The van der Waals surface area contributed by atoms with Crippen LogP contribution in [0.1, 0.15) is 35.8 Å². The Morgan fingerprint density at radius 1 is 1.11 bits per heavy atom. The van der Waals surface area contributed by atoms with Crippen molar-refractivity contribution in [2.24, 2.45) is 5.92 Å². The fourth-order valence-corrected chi connectivity index (χ4v) is 2.46. The summed E-state index contributed by atoms with van der Waals surface area (Å²) in [5.74, 6) is 0.146. The highest BCUT2D eigenvalue weighted by atomic mass is 16.5. The fraction of sp³-hybridized carbons (Fsp3) is 0.263. The zero-order chi connectivity index (χ0) is 19.6. The quantitative estimate of drug-likeness (QED) is 0.720. The minimum atomic E-state index is -0.417. The van der Waals surface area contributed by atoms with Gasteiger partial charge in [-0.05, 0) is 26.0 Å². The number of hydrogen-bond acceptors (Lipinski definition) is 5. The maximum absolute atomic E-state index is 12.7. The zero-order valence-electron chi connectivity index (χ0n) is 15.6. The largest absolute Gasteiger partial charge is 0.359 e. The molecule has 0 saturated carbocycles. The van der Waals surface area contributed by atoms with E-state index in [1.165, 1.54) is 4.68 Å². The number of nitrogens with one attached hydrogen (secondary N) is 2. The molecule has 0 bridgehead atoms. The average Bonchev–Trinajstić information content (AvgIpc) is 3.21. The molecule has 0 aliphatic rings. The van der Waals surface area contributed by atoms with E-state index in [0.29, 0.717) is 23.0 Å². The number of anilines is 2. The van der Waals surface area contributed by atoms with Crippen LogP contribution >= 0.6 is 0 Å². The third-order valence-electron chi connectivity index (χ3n) is 3.99. The molecule has 0 atom stereocenters. The van der Waals surface area contributed by atoms with Crippen molar-refractivity contribution < 1.29 is 14.1 Å². The Kier molecular flexibility index (Phi) is 5.07. The monoisotopic (exact) mass is 367 g/mol. The second-order valence-corrected chi connectivity index (χ2v) is 6.46. The van der Waals surface area contributed by atoms with Crippen molar-refractivity contribution in [3.05, 3.63) is 53.5 Å². The molecule has 140 valence electrons. The molecule has 0 unspecified atom stereocenters. The third kappa shape index (κ3) is 3.89. The molecule has 0 saturated heterocycles. The van der Waals surface area contributed by atoms with E-state index in [1.54, 1.807) is 33.8 Å². The molecule has 0 radical (unpaired) electrons. The zero-order valence-corrected chi connectivity index (χ0v) is 15.6. The van der Waals surface area contributed by atoms with E-state index in [0.717, 1.165) is 5.69 Å². The van der Waals surface area contributed by atoms with Crippen LogP contribution in [0.3, 0.4) is 0 Å². The SMILES string of the molecule is Cc1noc(C)c1NC(=O)c1cc(NC(=O)C(C)C)n(-c2ccccc2)n1. The highest BCUT2D eigenvalue weighted by molar-refractivity contribution is 6.04. The Hall–Kier alpha value is -3.42. The predicted octanol–water partition coefficient (Wildman–Crippen LogP) is 3.32. The van der Waals surface area contributed by atoms with E-state index >= 15 is 0 Å². The molecule has 2 amide bonds. The van der Waals surface area contributed by atoms with Crippen LogP contribution < -0.4 is 10.6 Å². The third-order valence-corrected chi connectivity index (χ3v) is 3.99. The second-order valence-electron chi connectivity index (χ2n) is 6.46. The summed E-state index contributed by atoms with van der Waals surface area (Å²) in [5, 5.41) is 13.8. The lowest BCUT2D eigenvalue weighted by molar-refractivity contribution is -0.118. The van der Waals surface area contributed by atoms with Gasteiger partial charge < -0.3 is 15.2 Å². The van der Waals surface area contributed by atoms with Gasteiger partial charge in [-0.15, -0.1) is 0 Å². The number of para-hydroxylation sites is 1. The van der Waals surface area contributed by atoms with Gasteiger partial charge >= 0.3 is 0 Å². The van der Waals surface area contributed by atoms with Gasteiger partial charge in [-0.3, -0.25) is 9.59 Å². The maximum atomic E-state index is 12.7. The fourth-order valence-electron chi connectivity index (χ4n) is 2.46. The molecule has 0 spiro atoms. The summed E-state index contributed by atoms with van der Waals surface area (Å²) in [4.78, 5) is 24.8. The highest BCUT2D eigenvalue weighted by Crippen LogP contribution is 2.22. The summed E-state index contributed by atoms with van der Waals surface area (Å²) in [6.07, 6.45) is 0. The Morgan fingerprint density at radius 3 is 2.41 bits per heavy atom. The number of aromatic nitrogens is 3. The molecule has 2 N–H and O–H groups in total. The van der Waals surface area contributed by atoms with Gasteiger partial charge in [-0.2, -0.15) is 5.10 Å². The first-order valence-electron chi connectivity index (χ1n) is 8.57. The number of carbonyl (C=O) groups excluding carboxylic acids is 2. The number of nitrogens with zero attached hydrogens (tertiary/aromatic N) is 3. The van der Waals surface area contributed by atoms with Gasteiger partial charge in [0.05, 0.1) is 5.69 Å². The Balaban J connectivity index is 1.95. The topological polar surface area (TPSA) is 102 Å². The van der Waals surface area contributed by atoms with Crippen molar-refractivity contribution in [2.75, 3.05) is 10.6 Å². The molecule has 2 aromatic heterocycles. The number of benzene rings is 1. The van der Waals surface area contributed by atoms with Crippen molar-refractivity contribution in [3.8, 4) is 5.69 Å². The van der Waals surface area contributed by atoms with Crippen molar-refractivity contribution in [3.63, 3.8) is 0 Å². The molecule has 0 fully saturated rings. The van der Waals surface area contributed by atoms with Crippen LogP contribution in [0.15, 0.2) is 40.9 Å². The number of amides is 2. The van der Waals surface area contributed by atoms with Gasteiger partial charge in [0.2, 0.25) is 5.91 Å². The summed E-state index contributed by atoms with van der Waals surface area (Å²) >= 11 is 0. The second kappa shape index (κ2) is 7.45. The smallest absolute Gasteiger partial charge is 0.276 e. The first-order chi connectivity index (χ1) is 12.9. The summed E-state index contributed by atoms with van der Waals surface area (Å²) in [5.41, 5.74) is 1.99. The van der Waals surface area contributed by atoms with Gasteiger partial charge in [-0.1, -0.05) is 37.2 Å². The lowest BCUT2D eigenvalue weighted by atomic mass is 10.2. The van der Waals surface area contributed by atoms with E-state index in [-0.39, 0.29) is 17.5 Å². The number of carbonyl (C=O) groups is 2. The molecule has 3 aromatic rings. The Morgan fingerprint density at radius 2 is 1.81 bits per heavy atom. The lowest BCUT2D eigenvalue weighted by Crippen LogP contribution is -2.19. The first kappa shape index (κ1) is 18.4. The van der Waals surface area contributed by atoms with Gasteiger partial charge in [0.25, 0.3) is 5.91 Å². The van der Waals surface area contributed by atoms with Crippen molar-refractivity contribution in [1.29, 1.82) is 0 Å². The average molecular weight is 367 g/mol. The molecule has 8 nitrogen and oxygen atoms in total. The summed E-state index contributed by atoms with van der Waals surface area (Å²) < 4.78 is 6.59. The molecule has 3 rings (SSSR count). The van der Waals surface area contributed by atoms with E-state index in [4.69, 9.17) is 4.52 Å². The normalized spacial score (nSPS) is 10.9. The minimum absolute atomic E-state index is 0.162. The van der Waals surface area contributed by atoms with Crippen molar-refractivity contribution in [1.82, 2.24) is 14.9 Å². The van der Waals surface area contributed by atoms with Crippen molar-refractivity contribution >= 4 is 23.3 Å². The van der Waals surface area contributed by atoms with Crippen LogP contribution in [-0.2, 0) is 4.79 Å². The standard InChI is InChI=1S/C19H21N5O3/c1-11(2)18(25)20-16-10-15(22-24(16)14-8-6-5-7-9-14)19(26)21-17-12(3)23-27-13(17)4/h5-11H,1-4H3,(H,20,25)(H,21,26). The van der Waals surface area contributed by atoms with Crippen molar-refractivity contribution in [2.45, 2.75) is 27.7 Å². The van der Waals surface area contributed by atoms with E-state index in [9.17, 15) is 9.59 Å². The van der Waals surface area contributed by atoms with Gasteiger partial charge in [0.15, 0.2) is 11.5 Å². The van der Waals surface area contributed by atoms with E-state index in [2.05, 4.69) is 20.9 Å². The van der Waals surface area contributed by atoms with Crippen LogP contribution in [0.2, 0.25) is 0 Å². The van der Waals surface area contributed by atoms with Crippen LogP contribution in [0, 0.1) is 19.8 Å². The van der Waals surface area contributed by atoms with Crippen LogP contribution in [0.5, 0.6) is 0 Å². The Bertz CT molecular complexity index is 953. The molecule has 2 heterocycles. The van der Waals surface area contributed by atoms with E-state index < -0.39 is 5.91 Å². The predicted molar refractivity (Wildman–Crippen MR) is 101 cm³/mol. The number of rotatable bonds is 5. The highest BCUT2D eigenvalue weighted by Gasteiger charge is 2.20. The van der Waals surface area contributed by atoms with Crippen LogP contribution in [0.4, 0.5) is 11.5 Å². The molecule has 0 aliphatic carbocycles. The summed E-state index contributed by atoms with van der Waals surface area (Å²) in [7, 11) is 0. The molecule has 8 heteroatoms. The molecular weight excluding hydrogens is 346 g/mol. The first-order valence-corrected chi connectivity index (χ1v) is 8.57. The van der Waals surface area contributed by atoms with Crippen LogP contribution in [0.25, 0.3) is 5.69 Å². The summed E-state index contributed by atoms with van der Waals surface area (Å²) in [6.45, 7) is 7.04. The maximum Gasteiger partial charge on any atom is 0.276 e. The molecule has 27 heavy (non-hydrogen) atoms. The van der Waals surface area contributed by atoms with Gasteiger partial charge in [-0.25, -0.2) is 4.68 Å². The van der Waals surface area contributed by atoms with Gasteiger partial charge in [0.1, 0.15) is 17.2 Å². The molecule has 0 aliphatic heterocycles. The summed E-state index contributed by atoms with van der Waals surface area (Å²) in [6, 6.07) is 10.8. The number of aryl methyl sites for hydroxylation is 2. The Labute approximate surface area is 156 Å². The lowest BCUT2D eigenvalue weighted by Gasteiger charge is -2.10.